The second kappa shape index (κ2) is 6.07. The van der Waals surface area contributed by atoms with Gasteiger partial charge in [-0.3, -0.25) is 4.79 Å². The second-order valence-electron chi connectivity index (χ2n) is 4.49. The molecule has 0 aromatic heterocycles. The second-order valence-corrected chi connectivity index (χ2v) is 4.89. The Hall–Kier alpha value is -1.26. The molecule has 1 aromatic rings. The molecule has 0 heterocycles. The largest absolute Gasteiger partial charge is 0.495 e. The molecule has 0 aliphatic carbocycles. The number of anilines is 1. The number of likely N-dealkylation sites (N-methyl/N-ethyl adjacent to an activating group) is 1. The predicted molar refractivity (Wildman–Crippen MR) is 74.2 cm³/mol. The van der Waals surface area contributed by atoms with Gasteiger partial charge in [-0.15, -0.1) is 0 Å². The van der Waals surface area contributed by atoms with E-state index in [9.17, 15) is 4.79 Å². The highest BCUT2D eigenvalue weighted by Gasteiger charge is 2.22. The first-order valence-corrected chi connectivity index (χ1v) is 6.13. The summed E-state index contributed by atoms with van der Waals surface area (Å²) >= 11 is 6.03. The van der Waals surface area contributed by atoms with Gasteiger partial charge in [-0.25, -0.2) is 0 Å². The highest BCUT2D eigenvalue weighted by atomic mass is 35.5. The molecule has 0 spiro atoms. The van der Waals surface area contributed by atoms with E-state index in [-0.39, 0.29) is 11.8 Å². The van der Waals surface area contributed by atoms with Gasteiger partial charge < -0.3 is 15.4 Å². The van der Waals surface area contributed by atoms with E-state index in [2.05, 4.69) is 0 Å². The third-order valence-electron chi connectivity index (χ3n) is 2.86. The van der Waals surface area contributed by atoms with E-state index in [0.29, 0.717) is 16.5 Å². The Kier molecular flexibility index (Phi) is 4.99. The van der Waals surface area contributed by atoms with Crippen LogP contribution < -0.4 is 15.4 Å². The fourth-order valence-corrected chi connectivity index (χ4v) is 1.75. The Morgan fingerprint density at radius 2 is 2.06 bits per heavy atom. The number of rotatable bonds is 4. The van der Waals surface area contributed by atoms with Crippen molar-refractivity contribution in [1.82, 2.24) is 0 Å². The summed E-state index contributed by atoms with van der Waals surface area (Å²) in [6.07, 6.45) is 0. The molecular formula is C13H19ClN2O2. The summed E-state index contributed by atoms with van der Waals surface area (Å²) in [6.45, 7) is 3.83. The first-order valence-electron chi connectivity index (χ1n) is 5.75. The van der Waals surface area contributed by atoms with Gasteiger partial charge in [0.25, 0.3) is 0 Å². The molecule has 18 heavy (non-hydrogen) atoms. The van der Waals surface area contributed by atoms with Crippen molar-refractivity contribution in [2.24, 2.45) is 11.7 Å². The SMILES string of the molecule is COc1ccc(N(C)C(=O)[C@@H](N)C(C)C)cc1Cl. The zero-order valence-electron chi connectivity index (χ0n) is 11.1. The molecule has 0 fully saturated rings. The molecule has 1 amide bonds. The minimum atomic E-state index is -0.518. The van der Waals surface area contributed by atoms with Gasteiger partial charge in [0.1, 0.15) is 5.75 Å². The zero-order chi connectivity index (χ0) is 13.9. The Bertz CT molecular complexity index is 435. The van der Waals surface area contributed by atoms with Gasteiger partial charge >= 0.3 is 0 Å². The highest BCUT2D eigenvalue weighted by Crippen LogP contribution is 2.29. The number of nitrogens with zero attached hydrogens (tertiary/aromatic N) is 1. The average molecular weight is 271 g/mol. The van der Waals surface area contributed by atoms with Gasteiger partial charge in [0.2, 0.25) is 5.91 Å². The number of benzene rings is 1. The lowest BCUT2D eigenvalue weighted by molar-refractivity contribution is -0.120. The summed E-state index contributed by atoms with van der Waals surface area (Å²) in [6, 6.07) is 4.67. The molecule has 0 bridgehead atoms. The first kappa shape index (κ1) is 14.8. The van der Waals surface area contributed by atoms with Crippen LogP contribution in [0.15, 0.2) is 18.2 Å². The van der Waals surface area contributed by atoms with E-state index in [1.807, 2.05) is 13.8 Å². The first-order chi connectivity index (χ1) is 8.38. The molecule has 1 aromatic carbocycles. The van der Waals surface area contributed by atoms with Gasteiger partial charge in [-0.05, 0) is 24.1 Å². The lowest BCUT2D eigenvalue weighted by Gasteiger charge is -2.23. The van der Waals surface area contributed by atoms with Gasteiger partial charge in [-0.1, -0.05) is 25.4 Å². The van der Waals surface area contributed by atoms with Crippen LogP contribution in [-0.2, 0) is 4.79 Å². The van der Waals surface area contributed by atoms with E-state index in [1.54, 1.807) is 32.4 Å². The van der Waals surface area contributed by atoms with Crippen molar-refractivity contribution in [1.29, 1.82) is 0 Å². The van der Waals surface area contributed by atoms with Crippen molar-refractivity contribution in [2.75, 3.05) is 19.1 Å². The van der Waals surface area contributed by atoms with Crippen LogP contribution in [-0.4, -0.2) is 26.1 Å². The number of ether oxygens (including phenoxy) is 1. The minimum Gasteiger partial charge on any atom is -0.495 e. The summed E-state index contributed by atoms with van der Waals surface area (Å²) < 4.78 is 5.07. The number of hydrogen-bond donors (Lipinski definition) is 1. The van der Waals surface area contributed by atoms with Crippen molar-refractivity contribution < 1.29 is 9.53 Å². The van der Waals surface area contributed by atoms with E-state index >= 15 is 0 Å². The predicted octanol–water partition coefficient (Wildman–Crippen LogP) is 2.29. The molecular weight excluding hydrogens is 252 g/mol. The lowest BCUT2D eigenvalue weighted by atomic mass is 10.0. The molecule has 0 saturated heterocycles. The maximum absolute atomic E-state index is 12.1. The van der Waals surface area contributed by atoms with E-state index < -0.39 is 6.04 Å². The molecule has 5 heteroatoms. The van der Waals surface area contributed by atoms with Crippen molar-refractivity contribution in [3.05, 3.63) is 23.2 Å². The Balaban J connectivity index is 2.94. The number of methoxy groups -OCH3 is 1. The van der Waals surface area contributed by atoms with Crippen LogP contribution in [0.1, 0.15) is 13.8 Å². The van der Waals surface area contributed by atoms with Gasteiger partial charge in [0, 0.05) is 12.7 Å². The zero-order valence-corrected chi connectivity index (χ0v) is 11.9. The summed E-state index contributed by atoms with van der Waals surface area (Å²) in [7, 11) is 3.23. The molecule has 1 atom stereocenters. The molecule has 0 aliphatic heterocycles. The molecule has 1 rings (SSSR count). The van der Waals surface area contributed by atoms with Crippen LogP contribution >= 0.6 is 11.6 Å². The molecule has 0 saturated carbocycles. The lowest BCUT2D eigenvalue weighted by Crippen LogP contribution is -2.45. The highest BCUT2D eigenvalue weighted by molar-refractivity contribution is 6.32. The maximum atomic E-state index is 12.1. The standard InChI is InChI=1S/C13H19ClN2O2/c1-8(2)12(15)13(17)16(3)9-5-6-11(18-4)10(14)7-9/h5-8,12H,15H2,1-4H3/t12-/m0/s1. The van der Waals surface area contributed by atoms with Crippen LogP contribution in [0.3, 0.4) is 0 Å². The van der Waals surface area contributed by atoms with Crippen molar-refractivity contribution in [3.8, 4) is 5.75 Å². The summed E-state index contributed by atoms with van der Waals surface area (Å²) in [4.78, 5) is 13.6. The number of nitrogens with two attached hydrogens (primary N) is 1. The third kappa shape index (κ3) is 3.15. The average Bonchev–Trinajstić information content (AvgIpc) is 2.35. The number of carbonyl (C=O) groups is 1. The van der Waals surface area contributed by atoms with Crippen LogP contribution in [0.25, 0.3) is 0 Å². The van der Waals surface area contributed by atoms with E-state index in [4.69, 9.17) is 22.1 Å². The van der Waals surface area contributed by atoms with Crippen LogP contribution in [0.4, 0.5) is 5.69 Å². The van der Waals surface area contributed by atoms with Gasteiger partial charge in [0.15, 0.2) is 0 Å². The monoisotopic (exact) mass is 270 g/mol. The van der Waals surface area contributed by atoms with E-state index in [0.717, 1.165) is 0 Å². The normalized spacial score (nSPS) is 12.4. The maximum Gasteiger partial charge on any atom is 0.243 e. The minimum absolute atomic E-state index is 0.0914. The smallest absolute Gasteiger partial charge is 0.243 e. The fourth-order valence-electron chi connectivity index (χ4n) is 1.50. The molecule has 2 N–H and O–H groups in total. The molecule has 4 nitrogen and oxygen atoms in total. The molecule has 0 radical (unpaired) electrons. The quantitative estimate of drug-likeness (QED) is 0.913. The Labute approximate surface area is 113 Å². The molecule has 100 valence electrons. The molecule has 0 aliphatic rings. The Morgan fingerprint density at radius 1 is 1.44 bits per heavy atom. The van der Waals surface area contributed by atoms with Crippen molar-refractivity contribution >= 4 is 23.2 Å². The number of halogens is 1. The van der Waals surface area contributed by atoms with Gasteiger partial charge in [0.05, 0.1) is 18.2 Å². The van der Waals surface area contributed by atoms with Crippen LogP contribution in [0.2, 0.25) is 5.02 Å². The topological polar surface area (TPSA) is 55.6 Å². The number of carbonyl (C=O) groups excluding carboxylic acids is 1. The fraction of sp³-hybridized carbons (Fsp3) is 0.462. The van der Waals surface area contributed by atoms with Crippen LogP contribution in [0.5, 0.6) is 5.75 Å². The summed E-state index contributed by atoms with van der Waals surface area (Å²) in [5.74, 6) is 0.536. The van der Waals surface area contributed by atoms with Crippen molar-refractivity contribution in [2.45, 2.75) is 19.9 Å². The Morgan fingerprint density at radius 3 is 2.50 bits per heavy atom. The number of hydrogen-bond acceptors (Lipinski definition) is 3. The summed E-state index contributed by atoms with van der Waals surface area (Å²) in [5, 5.41) is 0.466. The van der Waals surface area contributed by atoms with E-state index in [1.165, 1.54) is 4.90 Å². The van der Waals surface area contributed by atoms with Gasteiger partial charge in [-0.2, -0.15) is 0 Å². The summed E-state index contributed by atoms with van der Waals surface area (Å²) in [5.41, 5.74) is 6.54. The van der Waals surface area contributed by atoms with Crippen LogP contribution in [0, 0.1) is 5.92 Å². The van der Waals surface area contributed by atoms with Crippen molar-refractivity contribution in [3.63, 3.8) is 0 Å². The number of amides is 1. The molecule has 0 unspecified atom stereocenters. The third-order valence-corrected chi connectivity index (χ3v) is 3.15.